The molecule has 1 saturated carbocycles. The molecule has 0 unspecified atom stereocenters. The van der Waals surface area contributed by atoms with Crippen molar-refractivity contribution < 1.29 is 4.74 Å². The summed E-state index contributed by atoms with van der Waals surface area (Å²) in [6.45, 7) is 7.74. The lowest BCUT2D eigenvalue weighted by Gasteiger charge is -2.43. The zero-order valence-corrected chi connectivity index (χ0v) is 10.8. The maximum absolute atomic E-state index is 5.81. The largest absolute Gasteiger partial charge is 0.377 e. The van der Waals surface area contributed by atoms with Gasteiger partial charge in [0.15, 0.2) is 0 Å². The monoisotopic (exact) mass is 213 g/mol. The van der Waals surface area contributed by atoms with Crippen LogP contribution >= 0.6 is 0 Å². The molecular formula is C13H27NO. The van der Waals surface area contributed by atoms with Gasteiger partial charge in [-0.25, -0.2) is 0 Å². The molecule has 0 aromatic rings. The molecule has 0 bridgehead atoms. The van der Waals surface area contributed by atoms with Gasteiger partial charge in [0.1, 0.15) is 0 Å². The van der Waals surface area contributed by atoms with E-state index < -0.39 is 0 Å². The van der Waals surface area contributed by atoms with Crippen molar-refractivity contribution in [2.45, 2.75) is 58.5 Å². The number of hydrogen-bond donors (Lipinski definition) is 1. The molecule has 2 heteroatoms. The quantitative estimate of drug-likeness (QED) is 0.779. The van der Waals surface area contributed by atoms with Crippen molar-refractivity contribution in [3.8, 4) is 0 Å². The maximum atomic E-state index is 5.81. The fourth-order valence-corrected chi connectivity index (χ4v) is 2.71. The van der Waals surface area contributed by atoms with E-state index in [0.717, 1.165) is 18.8 Å². The number of nitrogens with two attached hydrogens (primary N) is 1. The first-order chi connectivity index (χ1) is 6.99. The first-order valence-electron chi connectivity index (χ1n) is 6.25. The number of rotatable bonds is 4. The van der Waals surface area contributed by atoms with Crippen LogP contribution in [0.5, 0.6) is 0 Å². The molecule has 0 spiro atoms. The molecule has 0 heterocycles. The van der Waals surface area contributed by atoms with Crippen LogP contribution in [0.25, 0.3) is 0 Å². The average molecular weight is 213 g/mol. The van der Waals surface area contributed by atoms with E-state index in [2.05, 4.69) is 20.8 Å². The van der Waals surface area contributed by atoms with Gasteiger partial charge in [0.2, 0.25) is 0 Å². The topological polar surface area (TPSA) is 35.2 Å². The Labute approximate surface area is 94.6 Å². The van der Waals surface area contributed by atoms with E-state index in [1.807, 2.05) is 0 Å². The van der Waals surface area contributed by atoms with Gasteiger partial charge in [-0.3, -0.25) is 0 Å². The number of methoxy groups -OCH3 is 1. The van der Waals surface area contributed by atoms with Crippen molar-refractivity contribution in [3.05, 3.63) is 0 Å². The second-order valence-corrected chi connectivity index (χ2v) is 5.71. The molecule has 15 heavy (non-hydrogen) atoms. The van der Waals surface area contributed by atoms with Crippen LogP contribution in [0.1, 0.15) is 52.9 Å². The molecule has 0 aliphatic heterocycles. The molecule has 2 nitrogen and oxygen atoms in total. The lowest BCUT2D eigenvalue weighted by atomic mass is 9.66. The van der Waals surface area contributed by atoms with Crippen LogP contribution in [0, 0.1) is 11.3 Å². The highest BCUT2D eigenvalue weighted by Gasteiger charge is 2.38. The number of hydrogen-bond acceptors (Lipinski definition) is 2. The number of ether oxygens (including phenoxy) is 1. The fraction of sp³-hybridized carbons (Fsp3) is 1.00. The van der Waals surface area contributed by atoms with Gasteiger partial charge in [0.05, 0.1) is 5.60 Å². The molecule has 1 aliphatic rings. The summed E-state index contributed by atoms with van der Waals surface area (Å²) in [5.74, 6) is 0.845. The van der Waals surface area contributed by atoms with Crippen molar-refractivity contribution in [3.63, 3.8) is 0 Å². The van der Waals surface area contributed by atoms with Crippen LogP contribution in [-0.4, -0.2) is 19.3 Å². The third-order valence-electron chi connectivity index (χ3n) is 4.72. The van der Waals surface area contributed by atoms with Crippen molar-refractivity contribution in [1.82, 2.24) is 0 Å². The average Bonchev–Trinajstić information content (AvgIpc) is 2.29. The highest BCUT2D eigenvalue weighted by Crippen LogP contribution is 2.43. The second-order valence-electron chi connectivity index (χ2n) is 5.71. The molecule has 1 rings (SSSR count). The van der Waals surface area contributed by atoms with Gasteiger partial charge in [0, 0.05) is 13.7 Å². The second kappa shape index (κ2) is 4.84. The highest BCUT2D eigenvalue weighted by atomic mass is 16.5. The van der Waals surface area contributed by atoms with E-state index in [9.17, 15) is 0 Å². The van der Waals surface area contributed by atoms with Crippen LogP contribution in [0.15, 0.2) is 0 Å². The Bertz CT molecular complexity index is 187. The van der Waals surface area contributed by atoms with Crippen molar-refractivity contribution in [1.29, 1.82) is 0 Å². The normalized spacial score (nSPS) is 33.0. The molecule has 1 aliphatic carbocycles. The summed E-state index contributed by atoms with van der Waals surface area (Å²) < 4.78 is 5.60. The van der Waals surface area contributed by atoms with E-state index in [4.69, 9.17) is 10.5 Å². The van der Waals surface area contributed by atoms with Gasteiger partial charge in [-0.2, -0.15) is 0 Å². The van der Waals surface area contributed by atoms with Crippen LogP contribution in [0.4, 0.5) is 0 Å². The molecule has 0 aromatic heterocycles. The van der Waals surface area contributed by atoms with Gasteiger partial charge in [-0.15, -0.1) is 0 Å². The maximum Gasteiger partial charge on any atom is 0.0800 e. The van der Waals surface area contributed by atoms with Crippen molar-refractivity contribution in [2.75, 3.05) is 13.7 Å². The minimum Gasteiger partial charge on any atom is -0.377 e. The molecule has 90 valence electrons. The van der Waals surface area contributed by atoms with Gasteiger partial charge in [-0.05, 0) is 37.0 Å². The van der Waals surface area contributed by atoms with Crippen molar-refractivity contribution in [2.24, 2.45) is 17.1 Å². The summed E-state index contributed by atoms with van der Waals surface area (Å²) >= 11 is 0. The van der Waals surface area contributed by atoms with E-state index in [1.165, 1.54) is 19.3 Å². The van der Waals surface area contributed by atoms with Crippen LogP contribution < -0.4 is 5.73 Å². The zero-order valence-electron chi connectivity index (χ0n) is 10.8. The van der Waals surface area contributed by atoms with E-state index in [1.54, 1.807) is 7.11 Å². The Hall–Kier alpha value is -0.0800. The first-order valence-corrected chi connectivity index (χ1v) is 6.25. The fourth-order valence-electron chi connectivity index (χ4n) is 2.71. The predicted molar refractivity (Wildman–Crippen MR) is 64.8 cm³/mol. The Morgan fingerprint density at radius 2 is 1.87 bits per heavy atom. The summed E-state index contributed by atoms with van der Waals surface area (Å²) in [6, 6.07) is 0. The van der Waals surface area contributed by atoms with E-state index >= 15 is 0 Å². The zero-order chi connectivity index (χ0) is 11.5. The first kappa shape index (κ1) is 13.0. The SMILES string of the molecule is CCC(C)(C)C1CCC(CN)(OC)CC1. The summed E-state index contributed by atoms with van der Waals surface area (Å²) in [6.07, 6.45) is 6.07. The summed E-state index contributed by atoms with van der Waals surface area (Å²) in [7, 11) is 1.80. The highest BCUT2D eigenvalue weighted by molar-refractivity contribution is 4.91. The van der Waals surface area contributed by atoms with Crippen LogP contribution in [-0.2, 0) is 4.74 Å². The molecule has 0 amide bonds. The van der Waals surface area contributed by atoms with Gasteiger partial charge >= 0.3 is 0 Å². The van der Waals surface area contributed by atoms with Gasteiger partial charge in [-0.1, -0.05) is 27.2 Å². The molecule has 0 aromatic carbocycles. The smallest absolute Gasteiger partial charge is 0.0800 e. The molecular weight excluding hydrogens is 186 g/mol. The Morgan fingerprint density at radius 3 is 2.20 bits per heavy atom. The Kier molecular flexibility index (Phi) is 4.19. The molecule has 2 N–H and O–H groups in total. The minimum absolute atomic E-state index is 0.0136. The third-order valence-corrected chi connectivity index (χ3v) is 4.72. The van der Waals surface area contributed by atoms with Crippen LogP contribution in [0.3, 0.4) is 0 Å². The van der Waals surface area contributed by atoms with E-state index in [0.29, 0.717) is 12.0 Å². The molecule has 0 radical (unpaired) electrons. The van der Waals surface area contributed by atoms with Gasteiger partial charge < -0.3 is 10.5 Å². The Balaban J connectivity index is 2.55. The Morgan fingerprint density at radius 1 is 1.33 bits per heavy atom. The predicted octanol–water partition coefficient (Wildman–Crippen LogP) is 2.96. The minimum atomic E-state index is -0.0136. The summed E-state index contributed by atoms with van der Waals surface area (Å²) in [5, 5.41) is 0. The van der Waals surface area contributed by atoms with Crippen molar-refractivity contribution >= 4 is 0 Å². The molecule has 0 atom stereocenters. The summed E-state index contributed by atoms with van der Waals surface area (Å²) in [5.41, 5.74) is 6.28. The van der Waals surface area contributed by atoms with Crippen LogP contribution in [0.2, 0.25) is 0 Å². The molecule has 0 saturated heterocycles. The van der Waals surface area contributed by atoms with E-state index in [-0.39, 0.29) is 5.60 Å². The lowest BCUT2D eigenvalue weighted by molar-refractivity contribution is -0.0547. The standard InChI is InChI=1S/C13H27NO/c1-5-12(2,3)11-6-8-13(10-14,15-4)9-7-11/h11H,5-10,14H2,1-4H3. The molecule has 1 fully saturated rings. The van der Waals surface area contributed by atoms with Gasteiger partial charge in [0.25, 0.3) is 0 Å². The lowest BCUT2D eigenvalue weighted by Crippen LogP contribution is -2.45. The third kappa shape index (κ3) is 2.73. The summed E-state index contributed by atoms with van der Waals surface area (Å²) in [4.78, 5) is 0.